The maximum absolute atomic E-state index is 13.5. The number of ketones is 1. The second-order valence-electron chi connectivity index (χ2n) is 7.14. The molecule has 13 heteroatoms. The zero-order chi connectivity index (χ0) is 21.5. The average molecular weight is 475 g/mol. The molecule has 8 nitrogen and oxygen atoms in total. The van der Waals surface area contributed by atoms with Crippen molar-refractivity contribution < 1.29 is 13.6 Å². The highest BCUT2D eigenvalue weighted by Crippen LogP contribution is 2.39. The molecule has 1 unspecified atom stereocenters. The van der Waals surface area contributed by atoms with E-state index in [0.29, 0.717) is 16.0 Å². The standard InChI is InChI=1S/C17H17ClF2N6O2S2/c1-8(11(27)6-12-24-25-15(18)30-12)29-16-22-13-10(14(28)23-16)7-21-26(13)9-2-4-17(19,20)5-3-9/h7-9H,2-6H2,1H3,(H,22,23,28). The summed E-state index contributed by atoms with van der Waals surface area (Å²) in [4.78, 5) is 32.0. The van der Waals surface area contributed by atoms with Crippen LogP contribution in [-0.2, 0) is 11.2 Å². The largest absolute Gasteiger partial charge is 0.301 e. The molecule has 0 saturated heterocycles. The number of aromatic amines is 1. The fraction of sp³-hybridized carbons (Fsp3) is 0.529. The Morgan fingerprint density at radius 1 is 1.43 bits per heavy atom. The van der Waals surface area contributed by atoms with Crippen molar-refractivity contribution in [3.05, 3.63) is 26.0 Å². The van der Waals surface area contributed by atoms with Crippen LogP contribution in [0.4, 0.5) is 8.78 Å². The van der Waals surface area contributed by atoms with Gasteiger partial charge in [0.2, 0.25) is 10.4 Å². The molecule has 0 spiro atoms. The van der Waals surface area contributed by atoms with Crippen LogP contribution in [0.25, 0.3) is 11.0 Å². The maximum Gasteiger partial charge on any atom is 0.262 e. The minimum Gasteiger partial charge on any atom is -0.301 e. The first-order valence-electron chi connectivity index (χ1n) is 9.24. The highest BCUT2D eigenvalue weighted by Gasteiger charge is 2.36. The Balaban J connectivity index is 1.53. The fourth-order valence-electron chi connectivity index (χ4n) is 3.34. The zero-order valence-electron chi connectivity index (χ0n) is 15.8. The van der Waals surface area contributed by atoms with Gasteiger partial charge in [0.25, 0.3) is 5.56 Å². The van der Waals surface area contributed by atoms with E-state index in [1.165, 1.54) is 6.20 Å². The molecule has 4 rings (SSSR count). The smallest absolute Gasteiger partial charge is 0.262 e. The summed E-state index contributed by atoms with van der Waals surface area (Å²) >= 11 is 7.99. The van der Waals surface area contributed by atoms with Gasteiger partial charge in [-0.25, -0.2) is 18.4 Å². The number of H-pyrrole nitrogens is 1. The molecule has 1 aliphatic rings. The van der Waals surface area contributed by atoms with Crippen molar-refractivity contribution in [2.24, 2.45) is 0 Å². The number of Topliss-reactive ketones (excluding diaryl/α,β-unsaturated/α-hetero) is 1. The first-order chi connectivity index (χ1) is 14.2. The van der Waals surface area contributed by atoms with Crippen LogP contribution in [0, 0.1) is 0 Å². The number of alkyl halides is 2. The van der Waals surface area contributed by atoms with E-state index in [1.807, 2.05) is 0 Å². The summed E-state index contributed by atoms with van der Waals surface area (Å²) < 4.78 is 28.8. The molecule has 1 fully saturated rings. The van der Waals surface area contributed by atoms with Crippen molar-refractivity contribution in [2.75, 3.05) is 0 Å². The SMILES string of the molecule is CC(Sc1nc2c(cnn2C2CCC(F)(F)CC2)c(=O)[nH]1)C(=O)Cc1nnc(Cl)s1. The van der Waals surface area contributed by atoms with Crippen LogP contribution < -0.4 is 5.56 Å². The Hall–Kier alpha value is -1.92. The monoisotopic (exact) mass is 474 g/mol. The third-order valence-corrected chi connectivity index (χ3v) is 7.04. The summed E-state index contributed by atoms with van der Waals surface area (Å²) in [7, 11) is 0. The second kappa shape index (κ2) is 8.31. The number of halogens is 3. The molecule has 3 aromatic rings. The number of thioether (sulfide) groups is 1. The van der Waals surface area contributed by atoms with Crippen molar-refractivity contribution in [3.8, 4) is 0 Å². The number of nitrogens with zero attached hydrogens (tertiary/aromatic N) is 5. The van der Waals surface area contributed by atoms with E-state index in [1.54, 1.807) is 11.6 Å². The van der Waals surface area contributed by atoms with Gasteiger partial charge < -0.3 is 4.98 Å². The Kier molecular flexibility index (Phi) is 5.90. The van der Waals surface area contributed by atoms with Gasteiger partial charge in [0.05, 0.1) is 23.9 Å². The lowest BCUT2D eigenvalue weighted by molar-refractivity contribution is -0.117. The summed E-state index contributed by atoms with van der Waals surface area (Å²) in [5.41, 5.74) is -0.0440. The molecule has 0 aliphatic heterocycles. The number of fused-ring (bicyclic) bond motifs is 1. The topological polar surface area (TPSA) is 106 Å². The third kappa shape index (κ3) is 4.54. The van der Waals surface area contributed by atoms with Gasteiger partial charge in [0.1, 0.15) is 10.4 Å². The first kappa shape index (κ1) is 21.3. The molecule has 160 valence electrons. The molecule has 30 heavy (non-hydrogen) atoms. The number of nitrogens with one attached hydrogen (secondary N) is 1. The lowest BCUT2D eigenvalue weighted by Crippen LogP contribution is -2.27. The van der Waals surface area contributed by atoms with E-state index in [-0.39, 0.29) is 59.1 Å². The third-order valence-electron chi connectivity index (χ3n) is 4.98. The predicted octanol–water partition coefficient (Wildman–Crippen LogP) is 3.67. The van der Waals surface area contributed by atoms with Crippen molar-refractivity contribution in [3.63, 3.8) is 0 Å². The van der Waals surface area contributed by atoms with Gasteiger partial charge in [-0.3, -0.25) is 9.59 Å². The lowest BCUT2D eigenvalue weighted by atomic mass is 9.92. The minimum absolute atomic E-state index is 0.0826. The number of carbonyl (C=O) groups excluding carboxylic acids is 1. The number of hydrogen-bond donors (Lipinski definition) is 1. The van der Waals surface area contributed by atoms with E-state index < -0.39 is 11.2 Å². The predicted molar refractivity (Wildman–Crippen MR) is 110 cm³/mol. The molecule has 3 aromatic heterocycles. The van der Waals surface area contributed by atoms with Crippen LogP contribution in [0.15, 0.2) is 16.1 Å². The molecule has 0 radical (unpaired) electrons. The van der Waals surface area contributed by atoms with Crippen molar-refractivity contribution in [1.82, 2.24) is 29.9 Å². The number of rotatable bonds is 6. The number of aromatic nitrogens is 6. The fourth-order valence-corrected chi connectivity index (χ4v) is 5.06. The van der Waals surface area contributed by atoms with Crippen molar-refractivity contribution >= 4 is 51.5 Å². The van der Waals surface area contributed by atoms with Crippen molar-refractivity contribution in [2.45, 2.75) is 61.4 Å². The van der Waals surface area contributed by atoms with E-state index >= 15 is 0 Å². The van der Waals surface area contributed by atoms with Crippen molar-refractivity contribution in [1.29, 1.82) is 0 Å². The van der Waals surface area contributed by atoms with Crippen LogP contribution in [0.5, 0.6) is 0 Å². The lowest BCUT2D eigenvalue weighted by Gasteiger charge is -2.28. The Bertz CT molecular complexity index is 1140. The quantitative estimate of drug-likeness (QED) is 0.429. The second-order valence-corrected chi connectivity index (χ2v) is 10.1. The van der Waals surface area contributed by atoms with Crippen LogP contribution in [0.2, 0.25) is 4.47 Å². The molecule has 1 N–H and O–H groups in total. The first-order valence-corrected chi connectivity index (χ1v) is 11.3. The normalized spacial score (nSPS) is 18.0. The Morgan fingerprint density at radius 2 is 2.17 bits per heavy atom. The highest BCUT2D eigenvalue weighted by atomic mass is 35.5. The summed E-state index contributed by atoms with van der Waals surface area (Å²) in [5, 5.41) is 12.3. The van der Waals surface area contributed by atoms with Gasteiger partial charge in [-0.15, -0.1) is 10.2 Å². The molecule has 0 bridgehead atoms. The molecule has 1 atom stereocenters. The van der Waals surface area contributed by atoms with Gasteiger partial charge in [-0.2, -0.15) is 5.10 Å². The van der Waals surface area contributed by atoms with Crippen LogP contribution in [0.1, 0.15) is 43.7 Å². The molecule has 3 heterocycles. The van der Waals surface area contributed by atoms with Gasteiger partial charge in [-0.1, -0.05) is 23.1 Å². The Labute approximate surface area is 182 Å². The molecule has 1 aliphatic carbocycles. The minimum atomic E-state index is -2.65. The number of hydrogen-bond acceptors (Lipinski definition) is 8. The molecular weight excluding hydrogens is 458 g/mol. The highest BCUT2D eigenvalue weighted by molar-refractivity contribution is 8.00. The summed E-state index contributed by atoms with van der Waals surface area (Å²) in [6.07, 6.45) is 1.57. The van der Waals surface area contributed by atoms with E-state index in [0.717, 1.165) is 23.1 Å². The van der Waals surface area contributed by atoms with Gasteiger partial charge in [0, 0.05) is 12.8 Å². The van der Waals surface area contributed by atoms with Crippen LogP contribution >= 0.6 is 34.7 Å². The van der Waals surface area contributed by atoms with E-state index in [2.05, 4.69) is 25.3 Å². The van der Waals surface area contributed by atoms with E-state index in [4.69, 9.17) is 11.6 Å². The zero-order valence-corrected chi connectivity index (χ0v) is 18.2. The van der Waals surface area contributed by atoms with Crippen LogP contribution in [-0.4, -0.2) is 46.9 Å². The number of carbonyl (C=O) groups is 1. The van der Waals surface area contributed by atoms with Gasteiger partial charge in [-0.05, 0) is 31.4 Å². The summed E-state index contributed by atoms with van der Waals surface area (Å²) in [6.45, 7) is 1.71. The van der Waals surface area contributed by atoms with Gasteiger partial charge in [0.15, 0.2) is 16.6 Å². The molecule has 0 amide bonds. The summed E-state index contributed by atoms with van der Waals surface area (Å²) in [5.74, 6) is -2.77. The molecule has 0 aromatic carbocycles. The van der Waals surface area contributed by atoms with Gasteiger partial charge >= 0.3 is 0 Å². The molecule has 1 saturated carbocycles. The van der Waals surface area contributed by atoms with E-state index in [9.17, 15) is 18.4 Å². The summed E-state index contributed by atoms with van der Waals surface area (Å²) in [6, 6.07) is -0.240. The maximum atomic E-state index is 13.5. The Morgan fingerprint density at radius 3 is 2.83 bits per heavy atom. The average Bonchev–Trinajstić information content (AvgIpc) is 3.28. The van der Waals surface area contributed by atoms with Crippen LogP contribution in [0.3, 0.4) is 0 Å². The molecular formula is C17H17ClF2N6O2S2.